The van der Waals surface area contributed by atoms with E-state index in [-0.39, 0.29) is 17.8 Å². The summed E-state index contributed by atoms with van der Waals surface area (Å²) in [7, 11) is 0. The molecule has 1 unspecified atom stereocenters. The monoisotopic (exact) mass is 296 g/mol. The van der Waals surface area contributed by atoms with Crippen LogP contribution in [0.15, 0.2) is 24.3 Å². The fraction of sp³-hybridized carbons (Fsp3) is 0.562. The highest BCUT2D eigenvalue weighted by molar-refractivity contribution is 5.76. The third kappa shape index (κ3) is 5.34. The van der Waals surface area contributed by atoms with Crippen molar-refractivity contribution < 1.29 is 13.9 Å². The van der Waals surface area contributed by atoms with E-state index in [0.29, 0.717) is 25.4 Å². The smallest absolute Gasteiger partial charge is 0.324 e. The van der Waals surface area contributed by atoms with Crippen molar-refractivity contribution in [3.8, 4) is 0 Å². The van der Waals surface area contributed by atoms with Crippen LogP contribution in [-0.2, 0) is 9.53 Å². The lowest BCUT2D eigenvalue weighted by atomic mass is 10.2. The second-order valence-electron chi connectivity index (χ2n) is 5.12. The molecule has 0 amide bonds. The Bertz CT molecular complexity index is 452. The van der Waals surface area contributed by atoms with E-state index in [2.05, 4.69) is 5.32 Å². The zero-order valence-corrected chi connectivity index (χ0v) is 13.2. The molecule has 1 aromatic carbocycles. The Hall–Kier alpha value is -1.62. The standard InChI is InChI=1S/C16H25FN2O2/c1-5-19(15-10-8-7-9-13(15)17)11-14(18-12(3)4)16(20)21-6-2/h7-10,12,14,18H,5-6,11H2,1-4H3. The SMILES string of the molecule is CCOC(=O)C(CN(CC)c1ccccc1F)NC(C)C. The maximum atomic E-state index is 13.9. The van der Waals surface area contributed by atoms with Gasteiger partial charge in [-0.25, -0.2) is 4.39 Å². The quantitative estimate of drug-likeness (QED) is 0.749. The Morgan fingerprint density at radius 3 is 2.52 bits per heavy atom. The number of nitrogens with zero attached hydrogens (tertiary/aromatic N) is 1. The molecule has 5 heteroatoms. The highest BCUT2D eigenvalue weighted by atomic mass is 19.1. The molecule has 0 spiro atoms. The first-order valence-corrected chi connectivity index (χ1v) is 7.41. The third-order valence-electron chi connectivity index (χ3n) is 3.08. The number of hydrogen-bond acceptors (Lipinski definition) is 4. The zero-order valence-electron chi connectivity index (χ0n) is 13.2. The molecule has 0 fully saturated rings. The number of rotatable bonds is 8. The summed E-state index contributed by atoms with van der Waals surface area (Å²) >= 11 is 0. The summed E-state index contributed by atoms with van der Waals surface area (Å²) < 4.78 is 19.0. The van der Waals surface area contributed by atoms with Crippen LogP contribution in [-0.4, -0.2) is 37.7 Å². The molecular weight excluding hydrogens is 271 g/mol. The summed E-state index contributed by atoms with van der Waals surface area (Å²) in [6, 6.07) is 6.24. The lowest BCUT2D eigenvalue weighted by molar-refractivity contribution is -0.145. The summed E-state index contributed by atoms with van der Waals surface area (Å²) in [4.78, 5) is 13.9. The minimum Gasteiger partial charge on any atom is -0.465 e. The minimum absolute atomic E-state index is 0.138. The Balaban J connectivity index is 2.88. The molecule has 0 saturated carbocycles. The van der Waals surface area contributed by atoms with Crippen LogP contribution in [0.25, 0.3) is 0 Å². The molecular formula is C16H25FN2O2. The minimum atomic E-state index is -0.482. The second kappa shape index (κ2) is 8.62. The zero-order chi connectivity index (χ0) is 15.8. The number of nitrogens with one attached hydrogen (secondary N) is 1. The van der Waals surface area contributed by atoms with Crippen molar-refractivity contribution in [1.29, 1.82) is 0 Å². The molecule has 1 aromatic rings. The van der Waals surface area contributed by atoms with E-state index in [4.69, 9.17) is 4.74 Å². The number of esters is 1. The van der Waals surface area contributed by atoms with E-state index >= 15 is 0 Å². The van der Waals surface area contributed by atoms with Gasteiger partial charge < -0.3 is 15.0 Å². The second-order valence-corrected chi connectivity index (χ2v) is 5.12. The number of anilines is 1. The van der Waals surface area contributed by atoms with Crippen LogP contribution in [0.4, 0.5) is 10.1 Å². The summed E-state index contributed by atoms with van der Waals surface area (Å²) in [5, 5.41) is 3.18. The van der Waals surface area contributed by atoms with E-state index in [9.17, 15) is 9.18 Å². The molecule has 0 saturated heterocycles. The number of likely N-dealkylation sites (N-methyl/N-ethyl adjacent to an activating group) is 1. The van der Waals surface area contributed by atoms with Gasteiger partial charge in [-0.05, 0) is 26.0 Å². The molecule has 1 atom stereocenters. The molecule has 1 rings (SSSR count). The van der Waals surface area contributed by atoms with Gasteiger partial charge in [0.2, 0.25) is 0 Å². The molecule has 0 aromatic heterocycles. The van der Waals surface area contributed by atoms with Crippen molar-refractivity contribution in [1.82, 2.24) is 5.32 Å². The Labute approximate surface area is 126 Å². The number of carbonyl (C=O) groups excluding carboxylic acids is 1. The fourth-order valence-electron chi connectivity index (χ4n) is 2.17. The maximum absolute atomic E-state index is 13.9. The summed E-state index contributed by atoms with van der Waals surface area (Å²) in [6.45, 7) is 8.95. The number of para-hydroxylation sites is 1. The molecule has 0 heterocycles. The first kappa shape index (κ1) is 17.4. The van der Waals surface area contributed by atoms with E-state index in [0.717, 1.165) is 0 Å². The highest BCUT2D eigenvalue weighted by Crippen LogP contribution is 2.18. The van der Waals surface area contributed by atoms with Crippen molar-refractivity contribution in [2.45, 2.75) is 39.8 Å². The van der Waals surface area contributed by atoms with Crippen LogP contribution < -0.4 is 10.2 Å². The summed E-state index contributed by atoms with van der Waals surface area (Å²) in [6.07, 6.45) is 0. The molecule has 0 bridgehead atoms. The average molecular weight is 296 g/mol. The number of ether oxygens (including phenoxy) is 1. The van der Waals surface area contributed by atoms with E-state index in [1.165, 1.54) is 6.07 Å². The van der Waals surface area contributed by atoms with E-state index in [1.54, 1.807) is 25.1 Å². The fourth-order valence-corrected chi connectivity index (χ4v) is 2.17. The van der Waals surface area contributed by atoms with Crippen LogP contribution in [0.3, 0.4) is 0 Å². The van der Waals surface area contributed by atoms with Crippen molar-refractivity contribution in [3.63, 3.8) is 0 Å². The largest absolute Gasteiger partial charge is 0.465 e. The molecule has 0 aliphatic carbocycles. The van der Waals surface area contributed by atoms with Crippen LogP contribution in [0.2, 0.25) is 0 Å². The van der Waals surface area contributed by atoms with Gasteiger partial charge >= 0.3 is 5.97 Å². The molecule has 0 aliphatic rings. The highest BCUT2D eigenvalue weighted by Gasteiger charge is 2.24. The Morgan fingerprint density at radius 2 is 2.00 bits per heavy atom. The maximum Gasteiger partial charge on any atom is 0.324 e. The molecule has 1 N–H and O–H groups in total. The van der Waals surface area contributed by atoms with Gasteiger partial charge in [0.1, 0.15) is 11.9 Å². The predicted molar refractivity (Wildman–Crippen MR) is 83.0 cm³/mol. The predicted octanol–water partition coefficient (Wildman–Crippen LogP) is 2.58. The van der Waals surface area contributed by atoms with Crippen LogP contribution in [0.1, 0.15) is 27.7 Å². The number of benzene rings is 1. The van der Waals surface area contributed by atoms with Crippen LogP contribution in [0, 0.1) is 5.82 Å². The molecule has 21 heavy (non-hydrogen) atoms. The summed E-state index contributed by atoms with van der Waals surface area (Å²) in [5.74, 6) is -0.590. The first-order chi connectivity index (χ1) is 9.99. The lowest BCUT2D eigenvalue weighted by Crippen LogP contribution is -2.49. The molecule has 0 radical (unpaired) electrons. The van der Waals surface area contributed by atoms with Gasteiger partial charge in [-0.15, -0.1) is 0 Å². The van der Waals surface area contributed by atoms with Gasteiger partial charge in [0, 0.05) is 19.1 Å². The summed E-state index contributed by atoms with van der Waals surface area (Å²) in [5.41, 5.74) is 0.500. The van der Waals surface area contributed by atoms with Gasteiger partial charge in [-0.3, -0.25) is 4.79 Å². The Kier molecular flexibility index (Phi) is 7.15. The van der Waals surface area contributed by atoms with Gasteiger partial charge in [-0.2, -0.15) is 0 Å². The molecule has 118 valence electrons. The van der Waals surface area contributed by atoms with Crippen molar-refractivity contribution in [2.24, 2.45) is 0 Å². The van der Waals surface area contributed by atoms with Gasteiger partial charge in [0.05, 0.1) is 12.3 Å². The van der Waals surface area contributed by atoms with Crippen molar-refractivity contribution in [3.05, 3.63) is 30.1 Å². The topological polar surface area (TPSA) is 41.6 Å². The Morgan fingerprint density at radius 1 is 1.33 bits per heavy atom. The number of carbonyl (C=O) groups is 1. The van der Waals surface area contributed by atoms with Crippen molar-refractivity contribution in [2.75, 3.05) is 24.6 Å². The van der Waals surface area contributed by atoms with Crippen LogP contribution >= 0.6 is 0 Å². The normalized spacial score (nSPS) is 12.3. The molecule has 4 nitrogen and oxygen atoms in total. The van der Waals surface area contributed by atoms with E-state index < -0.39 is 6.04 Å². The lowest BCUT2D eigenvalue weighted by Gasteiger charge is -2.29. The number of halogens is 1. The number of hydrogen-bond donors (Lipinski definition) is 1. The van der Waals surface area contributed by atoms with Crippen molar-refractivity contribution >= 4 is 11.7 Å². The van der Waals surface area contributed by atoms with Gasteiger partial charge in [0.25, 0.3) is 0 Å². The van der Waals surface area contributed by atoms with Gasteiger partial charge in [-0.1, -0.05) is 26.0 Å². The molecule has 0 aliphatic heterocycles. The van der Waals surface area contributed by atoms with Crippen LogP contribution in [0.5, 0.6) is 0 Å². The third-order valence-corrected chi connectivity index (χ3v) is 3.08. The average Bonchev–Trinajstić information content (AvgIpc) is 2.44. The first-order valence-electron chi connectivity index (χ1n) is 7.41. The van der Waals surface area contributed by atoms with Gasteiger partial charge in [0.15, 0.2) is 0 Å². The van der Waals surface area contributed by atoms with E-state index in [1.807, 2.05) is 25.7 Å².